The number of nitrogens with one attached hydrogen (secondary N) is 2. The van der Waals surface area contributed by atoms with Gasteiger partial charge < -0.3 is 10.6 Å². The van der Waals surface area contributed by atoms with E-state index in [1.165, 1.54) is 11.8 Å². The molecule has 0 radical (unpaired) electrons. The Morgan fingerprint density at radius 3 is 2.36 bits per heavy atom. The summed E-state index contributed by atoms with van der Waals surface area (Å²) in [5.41, 5.74) is 2.87. The number of aromatic nitrogens is 2. The smallest absolute Gasteiger partial charge is 0.262 e. The Bertz CT molecular complexity index is 1400. The lowest BCUT2D eigenvalue weighted by Crippen LogP contribution is -2.27. The topological polar surface area (TPSA) is 93.1 Å². The molecule has 4 rings (SSSR count). The number of carbonyl (C=O) groups is 2. The van der Waals surface area contributed by atoms with Gasteiger partial charge in [-0.3, -0.25) is 19.0 Å². The van der Waals surface area contributed by atoms with Crippen LogP contribution in [0.1, 0.15) is 34.8 Å². The van der Waals surface area contributed by atoms with Gasteiger partial charge in [-0.15, -0.1) is 0 Å². The molecule has 184 valence electrons. The van der Waals surface area contributed by atoms with E-state index in [-0.39, 0.29) is 29.7 Å². The van der Waals surface area contributed by atoms with Crippen LogP contribution in [0.25, 0.3) is 10.9 Å². The second kappa shape index (κ2) is 12.2. The number of fused-ring (bicyclic) bond motifs is 1. The van der Waals surface area contributed by atoms with Crippen molar-refractivity contribution in [1.82, 2.24) is 20.2 Å². The van der Waals surface area contributed by atoms with E-state index in [1.807, 2.05) is 61.5 Å². The molecule has 3 aromatic carbocycles. The maximum absolute atomic E-state index is 13.3. The SMILES string of the molecule is CCCNC(=O)c1ccc(Cn2c(SCC(=O)NCc3ccccc3)nc3ccccc3c2=O)cc1. The molecule has 0 saturated heterocycles. The minimum atomic E-state index is -0.169. The minimum absolute atomic E-state index is 0.120. The average Bonchev–Trinajstić information content (AvgIpc) is 2.92. The highest BCUT2D eigenvalue weighted by Crippen LogP contribution is 2.19. The zero-order valence-electron chi connectivity index (χ0n) is 20.1. The molecule has 0 aliphatic carbocycles. The van der Waals surface area contributed by atoms with Gasteiger partial charge in [-0.2, -0.15) is 0 Å². The van der Waals surface area contributed by atoms with Crippen LogP contribution in [-0.4, -0.2) is 33.7 Å². The highest BCUT2D eigenvalue weighted by molar-refractivity contribution is 7.99. The van der Waals surface area contributed by atoms with E-state index in [1.54, 1.807) is 28.8 Å². The number of hydrogen-bond donors (Lipinski definition) is 2. The number of thioether (sulfide) groups is 1. The molecule has 0 aliphatic rings. The van der Waals surface area contributed by atoms with Crippen LogP contribution in [0.4, 0.5) is 0 Å². The first-order chi connectivity index (χ1) is 17.5. The van der Waals surface area contributed by atoms with Crippen LogP contribution < -0.4 is 16.2 Å². The molecule has 0 fully saturated rings. The van der Waals surface area contributed by atoms with Crippen LogP contribution in [0.3, 0.4) is 0 Å². The lowest BCUT2D eigenvalue weighted by Gasteiger charge is -2.14. The maximum atomic E-state index is 13.3. The first-order valence-corrected chi connectivity index (χ1v) is 12.8. The Balaban J connectivity index is 1.52. The lowest BCUT2D eigenvalue weighted by atomic mass is 10.1. The van der Waals surface area contributed by atoms with Crippen molar-refractivity contribution in [2.75, 3.05) is 12.3 Å². The normalized spacial score (nSPS) is 10.8. The van der Waals surface area contributed by atoms with Gasteiger partial charge in [0.05, 0.1) is 23.2 Å². The Kier molecular flexibility index (Phi) is 8.52. The van der Waals surface area contributed by atoms with Crippen molar-refractivity contribution in [1.29, 1.82) is 0 Å². The standard InChI is InChI=1S/C28H28N4O3S/c1-2-16-29-26(34)22-14-12-21(13-15-22)18-32-27(35)23-10-6-7-11-24(23)31-28(32)36-19-25(33)30-17-20-8-4-3-5-9-20/h3-15H,2,16-19H2,1H3,(H,29,34)(H,30,33). The molecule has 0 saturated carbocycles. The molecular formula is C28H28N4O3S. The van der Waals surface area contributed by atoms with Crippen LogP contribution in [0, 0.1) is 0 Å². The van der Waals surface area contributed by atoms with Crippen molar-refractivity contribution in [2.24, 2.45) is 0 Å². The molecule has 0 bridgehead atoms. The summed E-state index contributed by atoms with van der Waals surface area (Å²) in [5, 5.41) is 6.76. The molecule has 1 heterocycles. The fraction of sp³-hybridized carbons (Fsp3) is 0.214. The van der Waals surface area contributed by atoms with Gasteiger partial charge in [0.1, 0.15) is 0 Å². The molecule has 8 heteroatoms. The van der Waals surface area contributed by atoms with Crippen molar-refractivity contribution in [2.45, 2.75) is 31.6 Å². The summed E-state index contributed by atoms with van der Waals surface area (Å²) in [4.78, 5) is 42.7. The molecule has 36 heavy (non-hydrogen) atoms. The number of benzene rings is 3. The van der Waals surface area contributed by atoms with Crippen molar-refractivity contribution in [3.63, 3.8) is 0 Å². The van der Waals surface area contributed by atoms with Gasteiger partial charge in [0, 0.05) is 18.7 Å². The van der Waals surface area contributed by atoms with Crippen LogP contribution in [0.5, 0.6) is 0 Å². The molecule has 2 N–H and O–H groups in total. The number of hydrogen-bond acceptors (Lipinski definition) is 5. The van der Waals surface area contributed by atoms with Crippen molar-refractivity contribution in [3.8, 4) is 0 Å². The first kappa shape index (κ1) is 25.2. The molecule has 2 amide bonds. The first-order valence-electron chi connectivity index (χ1n) is 11.9. The molecule has 4 aromatic rings. The fourth-order valence-corrected chi connectivity index (χ4v) is 4.49. The summed E-state index contributed by atoms with van der Waals surface area (Å²) in [6.07, 6.45) is 0.867. The van der Waals surface area contributed by atoms with Gasteiger partial charge in [0.2, 0.25) is 5.91 Å². The Labute approximate surface area is 214 Å². The molecule has 0 unspecified atom stereocenters. The summed E-state index contributed by atoms with van der Waals surface area (Å²) < 4.78 is 1.59. The molecule has 1 aromatic heterocycles. The molecular weight excluding hydrogens is 472 g/mol. The van der Waals surface area contributed by atoms with E-state index in [2.05, 4.69) is 15.6 Å². The summed E-state index contributed by atoms with van der Waals surface area (Å²) in [7, 11) is 0. The van der Waals surface area contributed by atoms with E-state index >= 15 is 0 Å². The third kappa shape index (κ3) is 6.40. The second-order valence-corrected chi connectivity index (χ2v) is 9.25. The quantitative estimate of drug-likeness (QED) is 0.254. The maximum Gasteiger partial charge on any atom is 0.262 e. The van der Waals surface area contributed by atoms with Gasteiger partial charge in [-0.05, 0) is 41.8 Å². The van der Waals surface area contributed by atoms with Gasteiger partial charge in [0.15, 0.2) is 5.16 Å². The van der Waals surface area contributed by atoms with Crippen molar-refractivity contribution in [3.05, 3.63) is 106 Å². The summed E-state index contributed by atoms with van der Waals surface area (Å²) in [6, 6.07) is 24.1. The highest BCUT2D eigenvalue weighted by Gasteiger charge is 2.14. The summed E-state index contributed by atoms with van der Waals surface area (Å²) >= 11 is 1.23. The van der Waals surface area contributed by atoms with Gasteiger partial charge in [0.25, 0.3) is 11.5 Å². The van der Waals surface area contributed by atoms with Crippen molar-refractivity contribution < 1.29 is 9.59 Å². The lowest BCUT2D eigenvalue weighted by molar-refractivity contribution is -0.118. The Morgan fingerprint density at radius 2 is 1.61 bits per heavy atom. The van der Waals surface area contributed by atoms with Crippen LogP contribution in [0.2, 0.25) is 0 Å². The summed E-state index contributed by atoms with van der Waals surface area (Å²) in [6.45, 7) is 3.34. The highest BCUT2D eigenvalue weighted by atomic mass is 32.2. The molecule has 0 aliphatic heterocycles. The Hall–Kier alpha value is -3.91. The van der Waals surface area contributed by atoms with Gasteiger partial charge in [-0.1, -0.05) is 73.3 Å². The third-order valence-electron chi connectivity index (χ3n) is 5.58. The number of nitrogens with zero attached hydrogens (tertiary/aromatic N) is 2. The van der Waals surface area contributed by atoms with Gasteiger partial charge in [-0.25, -0.2) is 4.98 Å². The number of amides is 2. The summed E-state index contributed by atoms with van der Waals surface area (Å²) in [5.74, 6) is -0.125. The third-order valence-corrected chi connectivity index (χ3v) is 6.56. The van der Waals surface area contributed by atoms with Crippen LogP contribution in [-0.2, 0) is 17.9 Å². The van der Waals surface area contributed by atoms with Gasteiger partial charge >= 0.3 is 0 Å². The molecule has 0 atom stereocenters. The predicted molar refractivity (Wildman–Crippen MR) is 143 cm³/mol. The van der Waals surface area contributed by atoms with Crippen LogP contribution >= 0.6 is 11.8 Å². The molecule has 7 nitrogen and oxygen atoms in total. The van der Waals surface area contributed by atoms with E-state index in [0.717, 1.165) is 17.5 Å². The number of rotatable bonds is 10. The second-order valence-electron chi connectivity index (χ2n) is 8.31. The van der Waals surface area contributed by atoms with E-state index in [0.29, 0.717) is 34.7 Å². The minimum Gasteiger partial charge on any atom is -0.352 e. The number of carbonyl (C=O) groups excluding carboxylic acids is 2. The van der Waals surface area contributed by atoms with E-state index in [9.17, 15) is 14.4 Å². The number of para-hydroxylation sites is 1. The zero-order chi connectivity index (χ0) is 25.3. The van der Waals surface area contributed by atoms with E-state index in [4.69, 9.17) is 0 Å². The van der Waals surface area contributed by atoms with E-state index < -0.39 is 0 Å². The van der Waals surface area contributed by atoms with Crippen molar-refractivity contribution >= 4 is 34.5 Å². The zero-order valence-corrected chi connectivity index (χ0v) is 20.9. The molecule has 0 spiro atoms. The average molecular weight is 501 g/mol. The van der Waals surface area contributed by atoms with Crippen LogP contribution in [0.15, 0.2) is 88.8 Å². The predicted octanol–water partition coefficient (Wildman–Crippen LogP) is 3.99. The largest absolute Gasteiger partial charge is 0.352 e. The monoisotopic (exact) mass is 500 g/mol. The fourth-order valence-electron chi connectivity index (χ4n) is 3.66. The Morgan fingerprint density at radius 1 is 0.889 bits per heavy atom.